The monoisotopic (exact) mass is 453 g/mol. The Balaban J connectivity index is 1.60. The molecule has 0 spiro atoms. The standard InChI is InChI=1S/C25H35N5O3/c1-6-13-32-20-9-7-18(8-10-20)22-21(16-26)23(27)30(28-22)19-14-17(15-19)11-12-29(5)24(31)33-25(2,3)4/h7-10,17,19H,6,11-15,27H2,1-5H3. The minimum atomic E-state index is -0.496. The normalized spacial score (nSPS) is 17.7. The van der Waals surface area contributed by atoms with Crippen LogP contribution in [0.15, 0.2) is 24.3 Å². The van der Waals surface area contributed by atoms with Gasteiger partial charge in [0.05, 0.1) is 12.6 Å². The van der Waals surface area contributed by atoms with Gasteiger partial charge >= 0.3 is 6.09 Å². The minimum absolute atomic E-state index is 0.162. The Kier molecular flexibility index (Phi) is 7.52. The lowest BCUT2D eigenvalue weighted by Gasteiger charge is -2.36. The Morgan fingerprint density at radius 1 is 1.30 bits per heavy atom. The molecule has 1 heterocycles. The number of nitriles is 1. The zero-order valence-corrected chi connectivity index (χ0v) is 20.3. The highest BCUT2D eigenvalue weighted by molar-refractivity contribution is 5.73. The maximum absolute atomic E-state index is 12.1. The molecule has 1 aliphatic rings. The number of carbonyl (C=O) groups is 1. The van der Waals surface area contributed by atoms with E-state index in [-0.39, 0.29) is 12.1 Å². The topological polar surface area (TPSA) is 106 Å². The summed E-state index contributed by atoms with van der Waals surface area (Å²) >= 11 is 0. The molecule has 1 aromatic carbocycles. The van der Waals surface area contributed by atoms with Crippen LogP contribution in [0.1, 0.15) is 65.0 Å². The maximum atomic E-state index is 12.1. The van der Waals surface area contributed by atoms with Gasteiger partial charge in [-0.3, -0.25) is 0 Å². The van der Waals surface area contributed by atoms with Gasteiger partial charge in [-0.05, 0) is 76.6 Å². The van der Waals surface area contributed by atoms with E-state index in [4.69, 9.17) is 20.3 Å². The lowest BCUT2D eigenvalue weighted by molar-refractivity contribution is 0.0276. The number of rotatable bonds is 8. The number of hydrogen-bond acceptors (Lipinski definition) is 6. The Morgan fingerprint density at radius 3 is 2.55 bits per heavy atom. The number of amides is 1. The molecule has 1 aliphatic carbocycles. The van der Waals surface area contributed by atoms with E-state index < -0.39 is 5.60 Å². The first-order valence-electron chi connectivity index (χ1n) is 11.6. The molecule has 0 radical (unpaired) electrons. The van der Waals surface area contributed by atoms with Crippen molar-refractivity contribution in [2.24, 2.45) is 5.92 Å². The smallest absolute Gasteiger partial charge is 0.410 e. The Bertz CT molecular complexity index is 995. The SMILES string of the molecule is CCCOc1ccc(-c2nn(C3CC(CCN(C)C(=O)OC(C)(C)C)C3)c(N)c2C#N)cc1. The number of aromatic nitrogens is 2. The second kappa shape index (κ2) is 10.2. The zero-order valence-electron chi connectivity index (χ0n) is 20.3. The van der Waals surface area contributed by atoms with Crippen molar-refractivity contribution in [3.05, 3.63) is 29.8 Å². The molecule has 1 saturated carbocycles. The molecule has 0 unspecified atom stereocenters. The molecule has 3 rings (SSSR count). The van der Waals surface area contributed by atoms with Crippen molar-refractivity contribution < 1.29 is 14.3 Å². The summed E-state index contributed by atoms with van der Waals surface area (Å²) in [6.45, 7) is 8.96. The van der Waals surface area contributed by atoms with Gasteiger partial charge in [0.15, 0.2) is 0 Å². The third-order valence-electron chi connectivity index (χ3n) is 5.79. The molecular weight excluding hydrogens is 418 g/mol. The average Bonchev–Trinajstić information content (AvgIpc) is 3.06. The van der Waals surface area contributed by atoms with Crippen LogP contribution in [0.3, 0.4) is 0 Å². The Labute approximate surface area is 196 Å². The quantitative estimate of drug-likeness (QED) is 0.603. The van der Waals surface area contributed by atoms with Crippen molar-refractivity contribution in [2.75, 3.05) is 25.9 Å². The van der Waals surface area contributed by atoms with Crippen molar-refractivity contribution in [1.29, 1.82) is 5.26 Å². The summed E-state index contributed by atoms with van der Waals surface area (Å²) < 4.78 is 12.8. The van der Waals surface area contributed by atoms with Crippen LogP contribution < -0.4 is 10.5 Å². The molecule has 33 heavy (non-hydrogen) atoms. The highest BCUT2D eigenvalue weighted by Gasteiger charge is 2.34. The van der Waals surface area contributed by atoms with Crippen LogP contribution in [0.25, 0.3) is 11.3 Å². The average molecular weight is 454 g/mol. The second-order valence-corrected chi connectivity index (χ2v) is 9.72. The summed E-state index contributed by atoms with van der Waals surface area (Å²) in [5, 5.41) is 14.4. The number of nitrogens with zero attached hydrogens (tertiary/aromatic N) is 4. The van der Waals surface area contributed by atoms with Crippen LogP contribution in [-0.4, -0.2) is 46.6 Å². The largest absolute Gasteiger partial charge is 0.494 e. The van der Waals surface area contributed by atoms with E-state index >= 15 is 0 Å². The maximum Gasteiger partial charge on any atom is 0.410 e. The van der Waals surface area contributed by atoms with E-state index in [9.17, 15) is 10.1 Å². The molecule has 1 aromatic heterocycles. The molecule has 8 nitrogen and oxygen atoms in total. The molecule has 2 N–H and O–H groups in total. The number of hydrogen-bond donors (Lipinski definition) is 1. The molecule has 0 aliphatic heterocycles. The summed E-state index contributed by atoms with van der Waals surface area (Å²) in [6.07, 6.45) is 3.37. The Hall–Kier alpha value is -3.21. The van der Waals surface area contributed by atoms with Gasteiger partial charge in [0.2, 0.25) is 0 Å². The summed E-state index contributed by atoms with van der Waals surface area (Å²) in [4.78, 5) is 13.7. The van der Waals surface area contributed by atoms with E-state index in [1.54, 1.807) is 16.6 Å². The van der Waals surface area contributed by atoms with E-state index in [0.29, 0.717) is 36.1 Å². The first-order chi connectivity index (χ1) is 15.6. The number of nitrogen functional groups attached to an aromatic ring is 1. The van der Waals surface area contributed by atoms with Gasteiger partial charge in [-0.2, -0.15) is 10.4 Å². The van der Waals surface area contributed by atoms with Gasteiger partial charge in [-0.1, -0.05) is 6.92 Å². The van der Waals surface area contributed by atoms with Crippen molar-refractivity contribution in [3.8, 4) is 23.1 Å². The van der Waals surface area contributed by atoms with Crippen molar-refractivity contribution in [1.82, 2.24) is 14.7 Å². The van der Waals surface area contributed by atoms with Crippen molar-refractivity contribution in [3.63, 3.8) is 0 Å². The predicted octanol–water partition coefficient (Wildman–Crippen LogP) is 5.00. The zero-order chi connectivity index (χ0) is 24.2. The summed E-state index contributed by atoms with van der Waals surface area (Å²) in [5.41, 5.74) is 7.66. The van der Waals surface area contributed by atoms with Crippen molar-refractivity contribution >= 4 is 11.9 Å². The Morgan fingerprint density at radius 2 is 1.97 bits per heavy atom. The van der Waals surface area contributed by atoms with Crippen LogP contribution in [0.5, 0.6) is 5.75 Å². The van der Waals surface area contributed by atoms with E-state index in [0.717, 1.165) is 37.0 Å². The molecule has 0 saturated heterocycles. The van der Waals surface area contributed by atoms with Gasteiger partial charge < -0.3 is 20.1 Å². The number of nitrogens with two attached hydrogens (primary N) is 1. The van der Waals surface area contributed by atoms with Gasteiger partial charge in [0, 0.05) is 19.2 Å². The third-order valence-corrected chi connectivity index (χ3v) is 5.79. The summed E-state index contributed by atoms with van der Waals surface area (Å²) in [6, 6.07) is 9.98. The lowest BCUT2D eigenvalue weighted by Crippen LogP contribution is -2.37. The first kappa shape index (κ1) is 24.4. The van der Waals surface area contributed by atoms with Crippen LogP contribution >= 0.6 is 0 Å². The van der Waals surface area contributed by atoms with E-state index in [1.807, 2.05) is 45.0 Å². The number of carbonyl (C=O) groups excluding carboxylic acids is 1. The van der Waals surface area contributed by atoms with Crippen LogP contribution in [0.4, 0.5) is 10.6 Å². The minimum Gasteiger partial charge on any atom is -0.494 e. The highest BCUT2D eigenvalue weighted by Crippen LogP contribution is 2.42. The van der Waals surface area contributed by atoms with Crippen LogP contribution in [0.2, 0.25) is 0 Å². The first-order valence-corrected chi connectivity index (χ1v) is 11.6. The molecule has 0 atom stereocenters. The lowest BCUT2D eigenvalue weighted by atomic mass is 9.78. The molecule has 2 aromatic rings. The van der Waals surface area contributed by atoms with Crippen LogP contribution in [0, 0.1) is 17.2 Å². The van der Waals surface area contributed by atoms with Gasteiger partial charge in [-0.25, -0.2) is 9.48 Å². The van der Waals surface area contributed by atoms with Crippen molar-refractivity contribution in [2.45, 2.75) is 65.0 Å². The van der Waals surface area contributed by atoms with E-state index in [1.165, 1.54) is 0 Å². The van der Waals surface area contributed by atoms with Gasteiger partial charge in [0.1, 0.15) is 34.5 Å². The summed E-state index contributed by atoms with van der Waals surface area (Å²) in [7, 11) is 1.76. The van der Waals surface area contributed by atoms with E-state index in [2.05, 4.69) is 13.0 Å². The predicted molar refractivity (Wildman–Crippen MR) is 128 cm³/mol. The fourth-order valence-electron chi connectivity index (χ4n) is 3.91. The molecular formula is C25H35N5O3. The van der Waals surface area contributed by atoms with Crippen LogP contribution in [-0.2, 0) is 4.74 Å². The van der Waals surface area contributed by atoms with Gasteiger partial charge in [0.25, 0.3) is 0 Å². The van der Waals surface area contributed by atoms with Gasteiger partial charge in [-0.15, -0.1) is 0 Å². The fraction of sp³-hybridized carbons (Fsp3) is 0.560. The highest BCUT2D eigenvalue weighted by atomic mass is 16.6. The fourth-order valence-corrected chi connectivity index (χ4v) is 3.91. The molecule has 178 valence electrons. The number of benzene rings is 1. The molecule has 1 fully saturated rings. The molecule has 8 heteroatoms. The second-order valence-electron chi connectivity index (χ2n) is 9.72. The number of ether oxygens (including phenoxy) is 2. The summed E-state index contributed by atoms with van der Waals surface area (Å²) in [5.74, 6) is 1.69. The molecule has 0 bridgehead atoms. The third kappa shape index (κ3) is 5.98. The molecule has 1 amide bonds. The number of anilines is 1.